The van der Waals surface area contributed by atoms with E-state index in [2.05, 4.69) is 9.46 Å². The van der Waals surface area contributed by atoms with Crippen LogP contribution in [-0.2, 0) is 20.9 Å². The van der Waals surface area contributed by atoms with E-state index in [9.17, 15) is 26.4 Å². The smallest absolute Gasteiger partial charge is 0.416 e. The fourth-order valence-electron chi connectivity index (χ4n) is 3.46. The van der Waals surface area contributed by atoms with Crippen LogP contribution in [0.2, 0.25) is 0 Å². The Hall–Kier alpha value is -3.27. The lowest BCUT2D eigenvalue weighted by atomic mass is 10.1. The van der Waals surface area contributed by atoms with Crippen LogP contribution in [0.4, 0.5) is 18.9 Å². The summed E-state index contributed by atoms with van der Waals surface area (Å²) in [5.74, 6) is -0.699. The molecule has 1 N–H and O–H groups in total. The number of ether oxygens (including phenoxy) is 1. The number of carbonyl (C=O) groups excluding carboxylic acids is 1. The number of alkyl halides is 3. The number of esters is 1. The summed E-state index contributed by atoms with van der Waals surface area (Å²) in [5, 5.41) is 0. The zero-order chi connectivity index (χ0) is 23.1. The molecule has 2 aromatic carbocycles. The minimum atomic E-state index is -4.65. The SMILES string of the molecule is COC(=O)c1ccc(C2CC2)c(S(=O)(=O)Nc2cc(C(F)(F)F)ccc2-n2cccc2)c1. The second kappa shape index (κ2) is 8.01. The first-order chi connectivity index (χ1) is 15.1. The lowest BCUT2D eigenvalue weighted by Gasteiger charge is -2.18. The molecule has 1 aliphatic carbocycles. The van der Waals surface area contributed by atoms with Gasteiger partial charge in [-0.05, 0) is 66.8 Å². The van der Waals surface area contributed by atoms with Crippen molar-refractivity contribution >= 4 is 21.7 Å². The van der Waals surface area contributed by atoms with E-state index in [1.807, 2.05) is 0 Å². The van der Waals surface area contributed by atoms with Gasteiger partial charge in [0.05, 0.1) is 34.5 Å². The van der Waals surface area contributed by atoms with Crippen LogP contribution in [0, 0.1) is 0 Å². The van der Waals surface area contributed by atoms with Crippen molar-refractivity contribution in [2.24, 2.45) is 0 Å². The summed E-state index contributed by atoms with van der Waals surface area (Å²) in [6.07, 6.45) is 0.109. The van der Waals surface area contributed by atoms with Crippen LogP contribution >= 0.6 is 0 Å². The maximum atomic E-state index is 13.3. The predicted octanol–water partition coefficient (Wildman–Crippen LogP) is 4.96. The number of sulfonamides is 1. The Bertz CT molecular complexity index is 1260. The summed E-state index contributed by atoms with van der Waals surface area (Å²) >= 11 is 0. The van der Waals surface area contributed by atoms with E-state index >= 15 is 0 Å². The predicted molar refractivity (Wildman–Crippen MR) is 111 cm³/mol. The van der Waals surface area contributed by atoms with E-state index in [1.54, 1.807) is 30.6 Å². The minimum absolute atomic E-state index is 0.0127. The lowest BCUT2D eigenvalue weighted by molar-refractivity contribution is -0.137. The van der Waals surface area contributed by atoms with Crippen LogP contribution in [0.5, 0.6) is 0 Å². The molecule has 0 amide bonds. The van der Waals surface area contributed by atoms with Gasteiger partial charge in [-0.1, -0.05) is 6.07 Å². The zero-order valence-corrected chi connectivity index (χ0v) is 17.7. The van der Waals surface area contributed by atoms with Gasteiger partial charge < -0.3 is 9.30 Å². The molecule has 168 valence electrons. The van der Waals surface area contributed by atoms with Crippen molar-refractivity contribution in [1.29, 1.82) is 0 Å². The monoisotopic (exact) mass is 464 g/mol. The molecule has 0 aliphatic heterocycles. The number of methoxy groups -OCH3 is 1. The van der Waals surface area contributed by atoms with Crippen LogP contribution in [0.15, 0.2) is 65.8 Å². The first-order valence-corrected chi connectivity index (χ1v) is 11.2. The molecule has 32 heavy (non-hydrogen) atoms. The molecule has 1 heterocycles. The van der Waals surface area contributed by atoms with Crippen molar-refractivity contribution in [3.8, 4) is 5.69 Å². The third-order valence-corrected chi connectivity index (χ3v) is 6.61. The van der Waals surface area contributed by atoms with Gasteiger partial charge in [-0.2, -0.15) is 13.2 Å². The summed E-state index contributed by atoms with van der Waals surface area (Å²) in [5.41, 5.74) is -0.451. The normalized spacial score (nSPS) is 14.2. The second-order valence-electron chi connectivity index (χ2n) is 7.44. The van der Waals surface area contributed by atoms with Crippen LogP contribution in [-0.4, -0.2) is 26.1 Å². The van der Waals surface area contributed by atoms with Gasteiger partial charge in [-0.25, -0.2) is 13.2 Å². The van der Waals surface area contributed by atoms with Gasteiger partial charge in [-0.15, -0.1) is 0 Å². The van der Waals surface area contributed by atoms with Gasteiger partial charge >= 0.3 is 12.1 Å². The van der Waals surface area contributed by atoms with E-state index < -0.39 is 27.7 Å². The number of hydrogen-bond donors (Lipinski definition) is 1. The molecule has 3 aromatic rings. The highest BCUT2D eigenvalue weighted by atomic mass is 32.2. The Kier molecular flexibility index (Phi) is 5.49. The number of benzene rings is 2. The van der Waals surface area contributed by atoms with Crippen molar-refractivity contribution in [3.63, 3.8) is 0 Å². The van der Waals surface area contributed by atoms with Gasteiger partial charge in [-0.3, -0.25) is 4.72 Å². The number of carbonyl (C=O) groups is 1. The van der Waals surface area contributed by atoms with E-state index in [4.69, 9.17) is 0 Å². The number of halogens is 3. The Morgan fingerprint density at radius 3 is 2.38 bits per heavy atom. The number of nitrogens with zero attached hydrogens (tertiary/aromatic N) is 1. The quantitative estimate of drug-likeness (QED) is 0.523. The number of hydrogen-bond acceptors (Lipinski definition) is 4. The topological polar surface area (TPSA) is 77.4 Å². The fourth-order valence-corrected chi connectivity index (χ4v) is 4.85. The van der Waals surface area contributed by atoms with Crippen molar-refractivity contribution in [1.82, 2.24) is 4.57 Å². The Labute approximate surface area is 182 Å². The molecule has 1 aliphatic rings. The Balaban J connectivity index is 1.82. The van der Waals surface area contributed by atoms with E-state index in [0.717, 1.165) is 25.0 Å². The highest BCUT2D eigenvalue weighted by Crippen LogP contribution is 2.43. The molecular formula is C22H19F3N2O4S. The highest BCUT2D eigenvalue weighted by Gasteiger charge is 2.34. The second-order valence-corrected chi connectivity index (χ2v) is 9.09. The molecule has 0 bridgehead atoms. The number of nitrogens with one attached hydrogen (secondary N) is 1. The molecule has 0 spiro atoms. The maximum Gasteiger partial charge on any atom is 0.416 e. The van der Waals surface area contributed by atoms with Gasteiger partial charge in [0.25, 0.3) is 10.0 Å². The largest absolute Gasteiger partial charge is 0.465 e. The average molecular weight is 464 g/mol. The molecule has 1 saturated carbocycles. The van der Waals surface area contributed by atoms with Gasteiger partial charge in [0.2, 0.25) is 0 Å². The van der Waals surface area contributed by atoms with Crippen LogP contribution < -0.4 is 4.72 Å². The van der Waals surface area contributed by atoms with E-state index in [1.165, 1.54) is 29.9 Å². The molecule has 0 atom stereocenters. The maximum absolute atomic E-state index is 13.3. The molecule has 0 radical (unpaired) electrons. The molecule has 0 saturated heterocycles. The standard InChI is InChI=1S/C22H19F3N2O4S/c1-31-21(28)15-6-8-17(14-4-5-14)20(12-15)32(29,30)26-18-13-16(22(23,24)25)7-9-19(18)27-10-2-3-11-27/h2-3,6-14,26H,4-5H2,1H3. The molecule has 6 nitrogen and oxygen atoms in total. The Morgan fingerprint density at radius 1 is 1.09 bits per heavy atom. The molecule has 1 fully saturated rings. The van der Waals surface area contributed by atoms with Gasteiger partial charge in [0.15, 0.2) is 0 Å². The Morgan fingerprint density at radius 2 is 1.78 bits per heavy atom. The molecule has 10 heteroatoms. The molecular weight excluding hydrogens is 445 g/mol. The lowest BCUT2D eigenvalue weighted by Crippen LogP contribution is -2.18. The number of aromatic nitrogens is 1. The van der Waals surface area contributed by atoms with Crippen molar-refractivity contribution in [2.75, 3.05) is 11.8 Å². The first-order valence-electron chi connectivity index (χ1n) is 9.70. The highest BCUT2D eigenvalue weighted by molar-refractivity contribution is 7.92. The van der Waals surface area contributed by atoms with E-state index in [0.29, 0.717) is 5.56 Å². The van der Waals surface area contributed by atoms with Crippen LogP contribution in [0.3, 0.4) is 0 Å². The summed E-state index contributed by atoms with van der Waals surface area (Å²) in [6.45, 7) is 0. The summed E-state index contributed by atoms with van der Waals surface area (Å²) in [6, 6.07) is 10.4. The summed E-state index contributed by atoms with van der Waals surface area (Å²) in [4.78, 5) is 11.8. The zero-order valence-electron chi connectivity index (χ0n) is 16.9. The third-order valence-electron chi connectivity index (χ3n) is 5.19. The van der Waals surface area contributed by atoms with Crippen molar-refractivity contribution < 1.29 is 31.1 Å². The van der Waals surface area contributed by atoms with Crippen molar-refractivity contribution in [3.05, 3.63) is 77.6 Å². The number of rotatable bonds is 6. The third kappa shape index (κ3) is 4.36. The first kappa shape index (κ1) is 21.9. The molecule has 0 unspecified atom stereocenters. The summed E-state index contributed by atoms with van der Waals surface area (Å²) < 4.78 is 75.1. The average Bonchev–Trinajstić information content (AvgIpc) is 3.45. The van der Waals surface area contributed by atoms with E-state index in [-0.39, 0.29) is 27.8 Å². The molecule has 1 aromatic heterocycles. The van der Waals surface area contributed by atoms with Gasteiger partial charge in [0, 0.05) is 12.4 Å². The van der Waals surface area contributed by atoms with Gasteiger partial charge in [0.1, 0.15) is 0 Å². The summed E-state index contributed by atoms with van der Waals surface area (Å²) in [7, 11) is -3.15. The minimum Gasteiger partial charge on any atom is -0.465 e. The van der Waals surface area contributed by atoms with Crippen LogP contribution in [0.25, 0.3) is 5.69 Å². The fraction of sp³-hybridized carbons (Fsp3) is 0.227. The van der Waals surface area contributed by atoms with Crippen LogP contribution in [0.1, 0.15) is 40.2 Å². The number of anilines is 1. The van der Waals surface area contributed by atoms with Crippen molar-refractivity contribution in [2.45, 2.75) is 29.8 Å². The molecule has 4 rings (SSSR count).